The van der Waals surface area contributed by atoms with Crippen molar-refractivity contribution < 1.29 is 23.9 Å². The predicted octanol–water partition coefficient (Wildman–Crippen LogP) is -0.862. The number of anilines is 1. The zero-order valence-corrected chi connectivity index (χ0v) is 17.0. The number of benzene rings is 1. The van der Waals surface area contributed by atoms with Crippen molar-refractivity contribution in [1.82, 2.24) is 26.8 Å². The third kappa shape index (κ3) is 10.2. The van der Waals surface area contributed by atoms with Crippen LogP contribution in [-0.2, 0) is 20.9 Å². The Morgan fingerprint density at radius 2 is 1.80 bits per heavy atom. The first-order chi connectivity index (χ1) is 14.3. The van der Waals surface area contributed by atoms with E-state index in [9.17, 15) is 19.2 Å². The third-order valence-corrected chi connectivity index (χ3v) is 3.78. The van der Waals surface area contributed by atoms with E-state index in [-0.39, 0.29) is 25.6 Å². The van der Waals surface area contributed by atoms with Crippen LogP contribution in [0.25, 0.3) is 0 Å². The maximum absolute atomic E-state index is 12.6. The van der Waals surface area contributed by atoms with E-state index in [2.05, 4.69) is 32.1 Å². The lowest BCUT2D eigenvalue weighted by Gasteiger charge is -2.19. The topological polar surface area (TPSA) is 176 Å². The van der Waals surface area contributed by atoms with Gasteiger partial charge in [-0.25, -0.2) is 15.0 Å². The molecule has 1 atom stereocenters. The van der Waals surface area contributed by atoms with Crippen LogP contribution in [-0.4, -0.2) is 57.2 Å². The van der Waals surface area contributed by atoms with Crippen LogP contribution in [0.3, 0.4) is 0 Å². The zero-order chi connectivity index (χ0) is 22.4. The molecule has 0 heterocycles. The van der Waals surface area contributed by atoms with Gasteiger partial charge in [-0.1, -0.05) is 12.1 Å². The van der Waals surface area contributed by atoms with Crippen molar-refractivity contribution in [3.63, 3.8) is 0 Å². The van der Waals surface area contributed by atoms with Crippen LogP contribution in [0.2, 0.25) is 0 Å². The molecule has 1 unspecified atom stereocenters. The molecule has 166 valence electrons. The van der Waals surface area contributed by atoms with Gasteiger partial charge in [-0.15, -0.1) is 0 Å². The van der Waals surface area contributed by atoms with Gasteiger partial charge >= 0.3 is 12.1 Å². The second kappa shape index (κ2) is 13.7. The Morgan fingerprint density at radius 3 is 2.40 bits per heavy atom. The average Bonchev–Trinajstić information content (AvgIpc) is 2.70. The lowest BCUT2D eigenvalue weighted by Crippen LogP contribution is -2.46. The molecule has 0 aliphatic heterocycles. The summed E-state index contributed by atoms with van der Waals surface area (Å²) in [4.78, 5) is 46.5. The Morgan fingerprint density at radius 1 is 1.10 bits per heavy atom. The summed E-state index contributed by atoms with van der Waals surface area (Å²) < 4.78 is 4.97. The predicted molar refractivity (Wildman–Crippen MR) is 110 cm³/mol. The van der Waals surface area contributed by atoms with E-state index in [0.717, 1.165) is 5.56 Å². The number of rotatable bonds is 12. The smallest absolute Gasteiger partial charge is 0.421 e. The van der Waals surface area contributed by atoms with Gasteiger partial charge in [-0.2, -0.15) is 0 Å². The van der Waals surface area contributed by atoms with E-state index < -0.39 is 24.1 Å². The fourth-order valence-electron chi connectivity index (χ4n) is 2.39. The number of likely N-dealkylation sites (N-methyl/N-ethyl adjacent to an activating group) is 1. The second-order valence-electron chi connectivity index (χ2n) is 6.22. The summed E-state index contributed by atoms with van der Waals surface area (Å²) in [6.45, 7) is 0.424. The first kappa shape index (κ1) is 24.7. The largest absolute Gasteiger partial charge is 0.444 e. The Bertz CT molecular complexity index is 711. The van der Waals surface area contributed by atoms with Gasteiger partial charge in [0.25, 0.3) is 0 Å². The molecule has 0 spiro atoms. The van der Waals surface area contributed by atoms with Crippen LogP contribution in [0.15, 0.2) is 24.3 Å². The van der Waals surface area contributed by atoms with Crippen molar-refractivity contribution >= 4 is 29.6 Å². The molecule has 12 nitrogen and oxygen atoms in total. The van der Waals surface area contributed by atoms with Gasteiger partial charge in [0.1, 0.15) is 12.6 Å². The lowest BCUT2D eigenvalue weighted by atomic mass is 10.1. The Kier molecular flexibility index (Phi) is 11.3. The number of hydrogen-bond acceptors (Lipinski definition) is 7. The number of carbonyl (C=O) groups is 4. The standard InChI is InChI=1S/C18H29N7O5/c1-20-10-15(26)24-14(4-3-9-22-17(19)28)16(27)23-13-7-5-12(6-8-13)11-30-18(29)25-21-2/h5-8,14,20-21H,3-4,9-11H2,1-2H3,(H,23,27)(H,24,26)(H,25,29)(H3,19,22,28). The summed E-state index contributed by atoms with van der Waals surface area (Å²) in [5, 5.41) is 10.5. The molecule has 0 aromatic heterocycles. The molecular weight excluding hydrogens is 394 g/mol. The van der Waals surface area contributed by atoms with Gasteiger partial charge < -0.3 is 31.7 Å². The van der Waals surface area contributed by atoms with Crippen LogP contribution in [0, 0.1) is 0 Å². The first-order valence-electron chi connectivity index (χ1n) is 9.32. The monoisotopic (exact) mass is 423 g/mol. The molecule has 1 aromatic carbocycles. The highest BCUT2D eigenvalue weighted by atomic mass is 16.6. The Balaban J connectivity index is 2.63. The molecular formula is C18H29N7O5. The van der Waals surface area contributed by atoms with Crippen molar-refractivity contribution in [3.8, 4) is 0 Å². The number of primary amides is 1. The van der Waals surface area contributed by atoms with E-state index in [1.165, 1.54) is 0 Å². The van der Waals surface area contributed by atoms with Crippen molar-refractivity contribution in [2.24, 2.45) is 5.73 Å². The molecule has 0 fully saturated rings. The molecule has 30 heavy (non-hydrogen) atoms. The number of hydrogen-bond donors (Lipinski definition) is 7. The zero-order valence-electron chi connectivity index (χ0n) is 17.0. The SMILES string of the molecule is CNCC(=O)NC(CCCNC(N)=O)C(=O)Nc1ccc(COC(=O)NNC)cc1. The highest BCUT2D eigenvalue weighted by molar-refractivity contribution is 5.97. The summed E-state index contributed by atoms with van der Waals surface area (Å²) in [6, 6.07) is 5.29. The molecule has 0 aliphatic rings. The molecule has 0 radical (unpaired) electrons. The Hall–Kier alpha value is -3.38. The van der Waals surface area contributed by atoms with E-state index >= 15 is 0 Å². The van der Waals surface area contributed by atoms with Gasteiger partial charge in [-0.3, -0.25) is 15.0 Å². The second-order valence-corrected chi connectivity index (χ2v) is 6.22. The maximum atomic E-state index is 12.6. The van der Waals surface area contributed by atoms with E-state index in [1.807, 2.05) is 0 Å². The van der Waals surface area contributed by atoms with Gasteiger partial charge in [0.05, 0.1) is 6.54 Å². The summed E-state index contributed by atoms with van der Waals surface area (Å²) in [5.74, 6) is -0.719. The van der Waals surface area contributed by atoms with Crippen LogP contribution in [0.5, 0.6) is 0 Å². The highest BCUT2D eigenvalue weighted by Crippen LogP contribution is 2.12. The number of amides is 5. The number of urea groups is 1. The molecule has 1 rings (SSSR count). The van der Waals surface area contributed by atoms with Crippen molar-refractivity contribution in [1.29, 1.82) is 0 Å². The van der Waals surface area contributed by atoms with E-state index in [0.29, 0.717) is 18.5 Å². The molecule has 5 amide bonds. The molecule has 0 saturated carbocycles. The van der Waals surface area contributed by atoms with Gasteiger partial charge in [0.15, 0.2) is 0 Å². The number of ether oxygens (including phenoxy) is 1. The number of carbonyl (C=O) groups excluding carboxylic acids is 4. The number of hydrazine groups is 1. The van der Waals surface area contributed by atoms with Crippen LogP contribution >= 0.6 is 0 Å². The average molecular weight is 423 g/mol. The normalized spacial score (nSPS) is 11.1. The van der Waals surface area contributed by atoms with Crippen LogP contribution in [0.4, 0.5) is 15.3 Å². The third-order valence-electron chi connectivity index (χ3n) is 3.78. The Labute approximate surface area is 174 Å². The molecule has 0 saturated heterocycles. The lowest BCUT2D eigenvalue weighted by molar-refractivity contribution is -0.126. The van der Waals surface area contributed by atoms with Crippen molar-refractivity contribution in [2.75, 3.05) is 32.5 Å². The number of nitrogens with two attached hydrogens (primary N) is 1. The maximum Gasteiger partial charge on any atom is 0.421 e. The van der Waals surface area contributed by atoms with Gasteiger partial charge in [0, 0.05) is 19.3 Å². The summed E-state index contributed by atoms with van der Waals surface area (Å²) in [5.41, 5.74) is 11.0. The van der Waals surface area contributed by atoms with Crippen molar-refractivity contribution in [3.05, 3.63) is 29.8 Å². The molecule has 1 aromatic rings. The fourth-order valence-corrected chi connectivity index (χ4v) is 2.39. The summed E-state index contributed by atoms with van der Waals surface area (Å²) in [7, 11) is 3.17. The summed E-state index contributed by atoms with van der Waals surface area (Å²) in [6.07, 6.45) is 0.153. The van der Waals surface area contributed by atoms with Crippen LogP contribution in [0.1, 0.15) is 18.4 Å². The quantitative estimate of drug-likeness (QED) is 0.169. The van der Waals surface area contributed by atoms with Crippen LogP contribution < -0.4 is 37.9 Å². The number of nitrogens with one attached hydrogen (secondary N) is 6. The molecule has 12 heteroatoms. The molecule has 0 aliphatic carbocycles. The minimum Gasteiger partial charge on any atom is -0.444 e. The minimum absolute atomic E-state index is 0.0668. The first-order valence-corrected chi connectivity index (χ1v) is 9.32. The van der Waals surface area contributed by atoms with E-state index in [1.54, 1.807) is 38.4 Å². The summed E-state index contributed by atoms with van der Waals surface area (Å²) >= 11 is 0. The van der Waals surface area contributed by atoms with Crippen molar-refractivity contribution in [2.45, 2.75) is 25.5 Å². The highest BCUT2D eigenvalue weighted by Gasteiger charge is 2.20. The van der Waals surface area contributed by atoms with E-state index in [4.69, 9.17) is 10.5 Å². The van der Waals surface area contributed by atoms with Gasteiger partial charge in [-0.05, 0) is 37.6 Å². The fraction of sp³-hybridized carbons (Fsp3) is 0.444. The minimum atomic E-state index is -0.784. The molecule has 0 bridgehead atoms. The molecule has 8 N–H and O–H groups in total. The van der Waals surface area contributed by atoms with Gasteiger partial charge in [0.2, 0.25) is 11.8 Å².